The molecular formula is C22H13BrO4. The number of carbonyl (C=O) groups excluding carboxylic acids is 4. The summed E-state index contributed by atoms with van der Waals surface area (Å²) in [6.07, 6.45) is 0. The number of hydrogen-bond donors (Lipinski definition) is 0. The van der Waals surface area contributed by atoms with Gasteiger partial charge in [0.1, 0.15) is 11.8 Å². The number of rotatable bonds is 2. The van der Waals surface area contributed by atoms with Gasteiger partial charge in [0.25, 0.3) is 0 Å². The molecule has 1 saturated carbocycles. The number of Topliss-reactive ketones (excluding diaryl/α,β-unsaturated/α-hetero) is 4. The Hall–Kier alpha value is -2.92. The molecule has 0 unspecified atom stereocenters. The van der Waals surface area contributed by atoms with Crippen molar-refractivity contribution in [3.8, 4) is 0 Å². The van der Waals surface area contributed by atoms with E-state index in [0.717, 1.165) is 15.2 Å². The Balaban J connectivity index is 1.76. The van der Waals surface area contributed by atoms with Crippen LogP contribution in [0.3, 0.4) is 0 Å². The Morgan fingerprint density at radius 3 is 1.70 bits per heavy atom. The topological polar surface area (TPSA) is 68.3 Å². The van der Waals surface area contributed by atoms with E-state index in [1.807, 2.05) is 18.2 Å². The van der Waals surface area contributed by atoms with Crippen molar-refractivity contribution in [1.82, 2.24) is 0 Å². The van der Waals surface area contributed by atoms with E-state index in [0.29, 0.717) is 11.1 Å². The van der Waals surface area contributed by atoms with Crippen molar-refractivity contribution in [2.45, 2.75) is 11.8 Å². The van der Waals surface area contributed by atoms with Gasteiger partial charge in [-0.1, -0.05) is 64.5 Å². The summed E-state index contributed by atoms with van der Waals surface area (Å²) in [7, 11) is 0. The molecule has 0 bridgehead atoms. The predicted octanol–water partition coefficient (Wildman–Crippen LogP) is 3.76. The van der Waals surface area contributed by atoms with Crippen LogP contribution in [0.2, 0.25) is 0 Å². The summed E-state index contributed by atoms with van der Waals surface area (Å²) in [4.78, 5) is 50.7. The lowest BCUT2D eigenvalue weighted by Crippen LogP contribution is -2.46. The van der Waals surface area contributed by atoms with Crippen molar-refractivity contribution >= 4 is 49.8 Å². The van der Waals surface area contributed by atoms with E-state index in [-0.39, 0.29) is 0 Å². The van der Waals surface area contributed by atoms with Crippen LogP contribution in [0.25, 0.3) is 10.8 Å². The second kappa shape index (κ2) is 6.67. The van der Waals surface area contributed by atoms with Crippen molar-refractivity contribution < 1.29 is 19.2 Å². The Morgan fingerprint density at radius 1 is 0.556 bits per heavy atom. The van der Waals surface area contributed by atoms with Gasteiger partial charge in [-0.25, -0.2) is 0 Å². The fourth-order valence-corrected chi connectivity index (χ4v) is 3.85. The summed E-state index contributed by atoms with van der Waals surface area (Å²) in [5.41, 5.74) is 0.740. The van der Waals surface area contributed by atoms with Crippen LogP contribution in [-0.4, -0.2) is 23.1 Å². The maximum atomic E-state index is 12.7. The zero-order chi connectivity index (χ0) is 19.1. The fourth-order valence-electron chi connectivity index (χ4n) is 3.47. The largest absolute Gasteiger partial charge is 0.290 e. The summed E-state index contributed by atoms with van der Waals surface area (Å²) in [6, 6.07) is 18.9. The van der Waals surface area contributed by atoms with Gasteiger partial charge in [-0.15, -0.1) is 0 Å². The number of ketones is 4. The molecule has 132 valence electrons. The summed E-state index contributed by atoms with van der Waals surface area (Å²) >= 11 is 3.39. The van der Waals surface area contributed by atoms with E-state index in [2.05, 4.69) is 15.9 Å². The maximum absolute atomic E-state index is 12.7. The molecule has 0 atom stereocenters. The van der Waals surface area contributed by atoms with E-state index in [1.54, 1.807) is 48.5 Å². The van der Waals surface area contributed by atoms with Crippen LogP contribution < -0.4 is 0 Å². The van der Waals surface area contributed by atoms with Gasteiger partial charge in [-0.3, -0.25) is 19.2 Å². The standard InChI is InChI=1S/C22H13BrO4/c23-16-9-8-13-10-15(7-6-14(13)11-16)18-21(26)19(24)17(20(25)22(18)27)12-4-2-1-3-5-12/h1-11,17-18H. The molecule has 1 fully saturated rings. The molecule has 0 aliphatic heterocycles. The minimum atomic E-state index is -1.36. The van der Waals surface area contributed by atoms with Gasteiger partial charge in [0.2, 0.25) is 23.1 Å². The first kappa shape index (κ1) is 17.5. The van der Waals surface area contributed by atoms with Crippen LogP contribution in [0.15, 0.2) is 71.2 Å². The molecule has 4 nitrogen and oxygen atoms in total. The third kappa shape index (κ3) is 2.94. The third-order valence-corrected chi connectivity index (χ3v) is 5.32. The van der Waals surface area contributed by atoms with E-state index >= 15 is 0 Å². The van der Waals surface area contributed by atoms with Crippen molar-refractivity contribution in [3.05, 3.63) is 82.3 Å². The van der Waals surface area contributed by atoms with Gasteiger partial charge < -0.3 is 0 Å². The van der Waals surface area contributed by atoms with Gasteiger partial charge in [-0.2, -0.15) is 0 Å². The van der Waals surface area contributed by atoms with Crippen LogP contribution in [0.1, 0.15) is 23.0 Å². The van der Waals surface area contributed by atoms with Crippen LogP contribution in [-0.2, 0) is 19.2 Å². The molecule has 3 aromatic carbocycles. The zero-order valence-corrected chi connectivity index (χ0v) is 15.6. The molecule has 1 aliphatic carbocycles. The highest BCUT2D eigenvalue weighted by atomic mass is 79.9. The number of benzene rings is 3. The molecule has 0 heterocycles. The molecule has 0 N–H and O–H groups in total. The summed E-state index contributed by atoms with van der Waals surface area (Å²) in [5.74, 6) is -6.01. The molecule has 0 spiro atoms. The van der Waals surface area contributed by atoms with E-state index in [1.165, 1.54) is 0 Å². The van der Waals surface area contributed by atoms with Gasteiger partial charge in [0, 0.05) is 4.47 Å². The lowest BCUT2D eigenvalue weighted by Gasteiger charge is -2.24. The average molecular weight is 421 g/mol. The Kier molecular flexibility index (Phi) is 4.32. The van der Waals surface area contributed by atoms with E-state index in [4.69, 9.17) is 0 Å². The lowest BCUT2D eigenvalue weighted by molar-refractivity contribution is -0.151. The van der Waals surface area contributed by atoms with Crippen LogP contribution >= 0.6 is 15.9 Å². The Morgan fingerprint density at radius 2 is 1.07 bits per heavy atom. The maximum Gasteiger partial charge on any atom is 0.214 e. The average Bonchev–Trinajstić information content (AvgIpc) is 2.68. The molecule has 5 heteroatoms. The molecule has 4 rings (SSSR count). The highest BCUT2D eigenvalue weighted by molar-refractivity contribution is 9.10. The van der Waals surface area contributed by atoms with Crippen molar-refractivity contribution in [3.63, 3.8) is 0 Å². The van der Waals surface area contributed by atoms with Gasteiger partial charge in [-0.05, 0) is 40.1 Å². The second-order valence-corrected chi connectivity index (χ2v) is 7.40. The molecule has 3 aromatic rings. The molecule has 1 aliphatic rings. The van der Waals surface area contributed by atoms with Crippen LogP contribution in [0, 0.1) is 0 Å². The molecular weight excluding hydrogens is 408 g/mol. The SMILES string of the molecule is O=C1C(=O)C(c2ccc3cc(Br)ccc3c2)C(=O)C(=O)C1c1ccccc1. The molecule has 27 heavy (non-hydrogen) atoms. The van der Waals surface area contributed by atoms with Crippen LogP contribution in [0.4, 0.5) is 0 Å². The number of fused-ring (bicyclic) bond motifs is 1. The van der Waals surface area contributed by atoms with Crippen molar-refractivity contribution in [2.75, 3.05) is 0 Å². The van der Waals surface area contributed by atoms with Gasteiger partial charge >= 0.3 is 0 Å². The van der Waals surface area contributed by atoms with Crippen LogP contribution in [0.5, 0.6) is 0 Å². The van der Waals surface area contributed by atoms with E-state index < -0.39 is 35.0 Å². The highest BCUT2D eigenvalue weighted by Gasteiger charge is 2.49. The number of halogens is 1. The summed E-state index contributed by atoms with van der Waals surface area (Å²) in [5, 5.41) is 1.74. The first-order chi connectivity index (χ1) is 13.0. The molecule has 0 aromatic heterocycles. The summed E-state index contributed by atoms with van der Waals surface area (Å²) in [6.45, 7) is 0. The van der Waals surface area contributed by atoms with E-state index in [9.17, 15) is 19.2 Å². The minimum absolute atomic E-state index is 0.369. The summed E-state index contributed by atoms with van der Waals surface area (Å²) < 4.78 is 0.906. The monoisotopic (exact) mass is 420 g/mol. The minimum Gasteiger partial charge on any atom is -0.290 e. The van der Waals surface area contributed by atoms with Crippen molar-refractivity contribution in [1.29, 1.82) is 0 Å². The normalized spacial score (nSPS) is 20.3. The molecule has 0 radical (unpaired) electrons. The molecule has 0 amide bonds. The first-order valence-corrected chi connectivity index (χ1v) is 9.17. The quantitative estimate of drug-likeness (QED) is 0.467. The molecule has 0 saturated heterocycles. The number of carbonyl (C=O) groups is 4. The first-order valence-electron chi connectivity index (χ1n) is 8.37. The van der Waals surface area contributed by atoms with Gasteiger partial charge in [0.05, 0.1) is 0 Å². The Labute approximate surface area is 163 Å². The highest BCUT2D eigenvalue weighted by Crippen LogP contribution is 2.33. The third-order valence-electron chi connectivity index (χ3n) is 4.83. The van der Waals surface area contributed by atoms with Crippen molar-refractivity contribution in [2.24, 2.45) is 0 Å². The second-order valence-electron chi connectivity index (χ2n) is 6.48. The smallest absolute Gasteiger partial charge is 0.214 e. The van der Waals surface area contributed by atoms with Gasteiger partial charge in [0.15, 0.2) is 0 Å². The lowest BCUT2D eigenvalue weighted by atomic mass is 9.72. The zero-order valence-electron chi connectivity index (χ0n) is 14.0. The number of hydrogen-bond acceptors (Lipinski definition) is 4. The Bertz CT molecular complexity index is 1090. The predicted molar refractivity (Wildman–Crippen MR) is 104 cm³/mol. The fraction of sp³-hybridized carbons (Fsp3) is 0.0909.